The van der Waals surface area contributed by atoms with Crippen molar-refractivity contribution in [2.45, 2.75) is 70.7 Å². The predicted octanol–water partition coefficient (Wildman–Crippen LogP) is 1.25. The van der Waals surface area contributed by atoms with E-state index >= 15 is 0 Å². The molecule has 0 aromatic rings. The first-order valence-corrected chi connectivity index (χ1v) is 5.86. The first-order chi connectivity index (χ1) is 6.63. The minimum atomic E-state index is -0.417. The summed E-state index contributed by atoms with van der Waals surface area (Å²) in [4.78, 5) is 0. The molecule has 1 aliphatic rings. The molecule has 3 heteroatoms. The Morgan fingerprint density at radius 2 is 1.60 bits per heavy atom. The average Bonchev–Trinajstić information content (AvgIpc) is 1.96. The van der Waals surface area contributed by atoms with E-state index in [0.29, 0.717) is 5.92 Å². The monoisotopic (exact) mass is 214 g/mol. The van der Waals surface area contributed by atoms with Crippen molar-refractivity contribution in [3.05, 3.63) is 0 Å². The lowest BCUT2D eigenvalue weighted by molar-refractivity contribution is 0.0646. The summed E-state index contributed by atoms with van der Waals surface area (Å²) in [5.74, 6) is 0.399. The fourth-order valence-electron chi connectivity index (χ4n) is 3.07. The van der Waals surface area contributed by atoms with Gasteiger partial charge in [-0.25, -0.2) is 0 Å². The van der Waals surface area contributed by atoms with Gasteiger partial charge in [-0.05, 0) is 53.4 Å². The number of aliphatic hydroxyl groups excluding tert-OH is 1. The van der Waals surface area contributed by atoms with Crippen LogP contribution in [0.25, 0.3) is 0 Å². The number of hydrogen-bond donors (Lipinski definition) is 3. The first-order valence-electron chi connectivity index (χ1n) is 5.86. The van der Waals surface area contributed by atoms with Gasteiger partial charge in [0.05, 0.1) is 6.10 Å². The Bertz CT molecular complexity index is 208. The number of rotatable bonds is 2. The number of nitrogens with two attached hydrogens (primary N) is 1. The van der Waals surface area contributed by atoms with Gasteiger partial charge in [0.15, 0.2) is 0 Å². The molecule has 1 saturated heterocycles. The molecule has 2 unspecified atom stereocenters. The van der Waals surface area contributed by atoms with Crippen LogP contribution in [0.1, 0.15) is 47.5 Å². The highest BCUT2D eigenvalue weighted by Crippen LogP contribution is 2.34. The second-order valence-electron chi connectivity index (χ2n) is 6.38. The smallest absolute Gasteiger partial charge is 0.0665 e. The van der Waals surface area contributed by atoms with Crippen LogP contribution in [0.3, 0.4) is 0 Å². The summed E-state index contributed by atoms with van der Waals surface area (Å²) in [5.41, 5.74) is 6.28. The first kappa shape index (κ1) is 12.9. The molecule has 90 valence electrons. The quantitative estimate of drug-likeness (QED) is 0.648. The second kappa shape index (κ2) is 4.04. The van der Waals surface area contributed by atoms with E-state index < -0.39 is 6.10 Å². The van der Waals surface area contributed by atoms with Crippen LogP contribution in [-0.4, -0.2) is 28.3 Å². The molecule has 4 N–H and O–H groups in total. The highest BCUT2D eigenvalue weighted by molar-refractivity contribution is 5.00. The van der Waals surface area contributed by atoms with Crippen LogP contribution in [0.5, 0.6) is 0 Å². The second-order valence-corrected chi connectivity index (χ2v) is 6.38. The summed E-state index contributed by atoms with van der Waals surface area (Å²) in [6.07, 6.45) is 1.64. The van der Waals surface area contributed by atoms with E-state index in [9.17, 15) is 5.11 Å². The van der Waals surface area contributed by atoms with E-state index in [4.69, 9.17) is 5.73 Å². The van der Waals surface area contributed by atoms with Crippen LogP contribution in [0.2, 0.25) is 0 Å². The van der Waals surface area contributed by atoms with Gasteiger partial charge >= 0.3 is 0 Å². The van der Waals surface area contributed by atoms with Crippen LogP contribution in [0.15, 0.2) is 0 Å². The minimum absolute atomic E-state index is 0.106. The predicted molar refractivity (Wildman–Crippen MR) is 63.7 cm³/mol. The lowest BCUT2D eigenvalue weighted by Gasteiger charge is -2.48. The molecule has 0 spiro atoms. The molecular weight excluding hydrogens is 188 g/mol. The number of piperidine rings is 1. The molecule has 1 aliphatic heterocycles. The summed E-state index contributed by atoms with van der Waals surface area (Å²) in [7, 11) is 0. The van der Waals surface area contributed by atoms with Crippen molar-refractivity contribution in [1.29, 1.82) is 0 Å². The maximum atomic E-state index is 9.57. The normalized spacial score (nSPS) is 29.8. The zero-order valence-electron chi connectivity index (χ0n) is 10.7. The van der Waals surface area contributed by atoms with Gasteiger partial charge in [0, 0.05) is 17.1 Å². The molecular formula is C12H26N2O. The van der Waals surface area contributed by atoms with Crippen molar-refractivity contribution >= 4 is 0 Å². The maximum Gasteiger partial charge on any atom is 0.0665 e. The maximum absolute atomic E-state index is 9.57. The molecule has 0 aliphatic carbocycles. The van der Waals surface area contributed by atoms with Crippen LogP contribution in [-0.2, 0) is 0 Å². The standard InChI is InChI=1S/C12H26N2O/c1-8(15)10(13)9-6-11(2,3)14-12(4,5)7-9/h8-10,14-15H,6-7,13H2,1-5H3. The Hall–Kier alpha value is -0.120. The molecule has 15 heavy (non-hydrogen) atoms. The zero-order chi connectivity index (χ0) is 11.9. The molecule has 1 heterocycles. The van der Waals surface area contributed by atoms with Crippen molar-refractivity contribution in [1.82, 2.24) is 5.32 Å². The molecule has 0 bridgehead atoms. The third-order valence-corrected chi connectivity index (χ3v) is 3.32. The van der Waals surface area contributed by atoms with Gasteiger partial charge in [0.2, 0.25) is 0 Å². The Kier molecular flexibility index (Phi) is 3.49. The highest BCUT2D eigenvalue weighted by Gasteiger charge is 2.40. The minimum Gasteiger partial charge on any atom is -0.392 e. The summed E-state index contributed by atoms with van der Waals surface area (Å²) in [6, 6.07) is -0.106. The van der Waals surface area contributed by atoms with Gasteiger partial charge in [0.1, 0.15) is 0 Å². The fraction of sp³-hybridized carbons (Fsp3) is 1.00. The molecule has 1 fully saturated rings. The summed E-state index contributed by atoms with van der Waals surface area (Å²) >= 11 is 0. The molecule has 0 saturated carbocycles. The molecule has 0 aromatic carbocycles. The molecule has 0 radical (unpaired) electrons. The summed E-state index contributed by atoms with van der Waals surface area (Å²) in [6.45, 7) is 10.6. The fourth-order valence-corrected chi connectivity index (χ4v) is 3.07. The topological polar surface area (TPSA) is 58.3 Å². The van der Waals surface area contributed by atoms with Gasteiger partial charge in [-0.3, -0.25) is 0 Å². The largest absolute Gasteiger partial charge is 0.392 e. The van der Waals surface area contributed by atoms with Crippen molar-refractivity contribution in [2.24, 2.45) is 11.7 Å². The Morgan fingerprint density at radius 3 is 1.93 bits per heavy atom. The van der Waals surface area contributed by atoms with E-state index in [1.165, 1.54) is 0 Å². The van der Waals surface area contributed by atoms with E-state index in [0.717, 1.165) is 12.8 Å². The van der Waals surface area contributed by atoms with Crippen molar-refractivity contribution < 1.29 is 5.11 Å². The third-order valence-electron chi connectivity index (χ3n) is 3.32. The van der Waals surface area contributed by atoms with Crippen LogP contribution in [0.4, 0.5) is 0 Å². The van der Waals surface area contributed by atoms with Crippen molar-refractivity contribution in [3.63, 3.8) is 0 Å². The lowest BCUT2D eigenvalue weighted by atomic mass is 9.72. The Morgan fingerprint density at radius 1 is 1.20 bits per heavy atom. The van der Waals surface area contributed by atoms with Crippen LogP contribution < -0.4 is 11.1 Å². The van der Waals surface area contributed by atoms with Crippen molar-refractivity contribution in [3.8, 4) is 0 Å². The van der Waals surface area contributed by atoms with Gasteiger partial charge in [-0.2, -0.15) is 0 Å². The number of aliphatic hydroxyl groups is 1. The SMILES string of the molecule is CC(O)C(N)C1CC(C)(C)NC(C)(C)C1. The molecule has 1 rings (SSSR count). The van der Waals surface area contributed by atoms with E-state index in [2.05, 4.69) is 33.0 Å². The summed E-state index contributed by atoms with van der Waals surface area (Å²) in [5, 5.41) is 13.2. The van der Waals surface area contributed by atoms with Gasteiger partial charge in [0.25, 0.3) is 0 Å². The number of hydrogen-bond acceptors (Lipinski definition) is 3. The molecule has 0 amide bonds. The molecule has 2 atom stereocenters. The van der Waals surface area contributed by atoms with E-state index in [-0.39, 0.29) is 17.1 Å². The number of nitrogens with one attached hydrogen (secondary N) is 1. The average molecular weight is 214 g/mol. The van der Waals surface area contributed by atoms with E-state index in [1.54, 1.807) is 6.92 Å². The van der Waals surface area contributed by atoms with Crippen molar-refractivity contribution in [2.75, 3.05) is 0 Å². The van der Waals surface area contributed by atoms with Gasteiger partial charge in [-0.15, -0.1) is 0 Å². The van der Waals surface area contributed by atoms with E-state index in [1.807, 2.05) is 0 Å². The highest BCUT2D eigenvalue weighted by atomic mass is 16.3. The third kappa shape index (κ3) is 3.44. The Balaban J connectivity index is 2.75. The van der Waals surface area contributed by atoms with Crippen LogP contribution in [0, 0.1) is 5.92 Å². The van der Waals surface area contributed by atoms with Gasteiger partial charge in [-0.1, -0.05) is 0 Å². The molecule has 3 nitrogen and oxygen atoms in total. The van der Waals surface area contributed by atoms with Crippen LogP contribution >= 0.6 is 0 Å². The Labute approximate surface area is 93.4 Å². The van der Waals surface area contributed by atoms with Gasteiger partial charge < -0.3 is 16.2 Å². The molecule has 0 aromatic heterocycles. The summed E-state index contributed by atoms with van der Waals surface area (Å²) < 4.78 is 0. The zero-order valence-corrected chi connectivity index (χ0v) is 10.7. The lowest BCUT2D eigenvalue weighted by Crippen LogP contribution is -2.61.